The van der Waals surface area contributed by atoms with Crippen molar-refractivity contribution in [2.75, 3.05) is 20.8 Å². The number of carbonyl (C=O) groups excluding carboxylic acids is 1. The number of hydrogen-bond acceptors (Lipinski definition) is 5. The number of aryl methyl sites for hydroxylation is 1. The standard InChI is InChI=1S/C21H26N2O5S/c1-14-4-8-18(29(25,26)23-16-5-6-16)13-19(14)21(24)22-11-10-15-12-17(27-2)7-9-20(15)28-3/h4,7-9,12-13,16,23H,5-6,10-11H2,1-3H3,(H,22,24). The van der Waals surface area contributed by atoms with Crippen LogP contribution < -0.4 is 19.5 Å². The van der Waals surface area contributed by atoms with Crippen LogP contribution in [0.2, 0.25) is 0 Å². The third kappa shape index (κ3) is 5.27. The number of sulfonamides is 1. The largest absolute Gasteiger partial charge is 0.497 e. The van der Waals surface area contributed by atoms with Gasteiger partial charge < -0.3 is 14.8 Å². The van der Waals surface area contributed by atoms with E-state index in [1.165, 1.54) is 12.1 Å². The molecule has 29 heavy (non-hydrogen) atoms. The molecule has 7 nitrogen and oxygen atoms in total. The van der Waals surface area contributed by atoms with E-state index in [2.05, 4.69) is 10.0 Å². The van der Waals surface area contributed by atoms with E-state index in [9.17, 15) is 13.2 Å². The summed E-state index contributed by atoms with van der Waals surface area (Å²) in [5, 5.41) is 2.86. The number of nitrogens with one attached hydrogen (secondary N) is 2. The molecule has 2 N–H and O–H groups in total. The molecule has 0 heterocycles. The van der Waals surface area contributed by atoms with Crippen molar-refractivity contribution in [3.63, 3.8) is 0 Å². The molecule has 0 bridgehead atoms. The molecule has 0 unspecified atom stereocenters. The maximum absolute atomic E-state index is 12.7. The topological polar surface area (TPSA) is 93.7 Å². The second-order valence-electron chi connectivity index (χ2n) is 7.06. The summed E-state index contributed by atoms with van der Waals surface area (Å²) in [7, 11) is -0.426. The maximum Gasteiger partial charge on any atom is 0.251 e. The minimum absolute atomic E-state index is 0.0106. The van der Waals surface area contributed by atoms with Crippen molar-refractivity contribution in [2.24, 2.45) is 0 Å². The molecule has 0 aliphatic heterocycles. The Morgan fingerprint density at radius 2 is 1.86 bits per heavy atom. The van der Waals surface area contributed by atoms with E-state index in [4.69, 9.17) is 9.47 Å². The van der Waals surface area contributed by atoms with E-state index in [0.717, 1.165) is 24.2 Å². The molecular weight excluding hydrogens is 392 g/mol. The smallest absolute Gasteiger partial charge is 0.251 e. The van der Waals surface area contributed by atoms with Crippen LogP contribution in [-0.2, 0) is 16.4 Å². The third-order valence-electron chi connectivity index (χ3n) is 4.83. The van der Waals surface area contributed by atoms with Crippen LogP contribution in [0, 0.1) is 6.92 Å². The van der Waals surface area contributed by atoms with Crippen molar-refractivity contribution in [1.29, 1.82) is 0 Å². The number of methoxy groups -OCH3 is 2. The molecule has 0 atom stereocenters. The number of benzene rings is 2. The Morgan fingerprint density at radius 3 is 2.52 bits per heavy atom. The van der Waals surface area contributed by atoms with Gasteiger partial charge in [-0.25, -0.2) is 13.1 Å². The number of rotatable bonds is 9. The van der Waals surface area contributed by atoms with Gasteiger partial charge in [-0.1, -0.05) is 6.07 Å². The van der Waals surface area contributed by atoms with Crippen LogP contribution >= 0.6 is 0 Å². The Labute approximate surface area is 171 Å². The number of carbonyl (C=O) groups is 1. The molecule has 1 saturated carbocycles. The highest BCUT2D eigenvalue weighted by molar-refractivity contribution is 7.89. The average molecular weight is 419 g/mol. The first-order valence-electron chi connectivity index (χ1n) is 9.46. The van der Waals surface area contributed by atoms with Crippen LogP contribution in [0.3, 0.4) is 0 Å². The Kier molecular flexibility index (Phi) is 6.44. The summed E-state index contributed by atoms with van der Waals surface area (Å²) in [5.74, 6) is 1.12. The van der Waals surface area contributed by atoms with Gasteiger partial charge in [0.05, 0.1) is 19.1 Å². The summed E-state index contributed by atoms with van der Waals surface area (Å²) in [6.45, 7) is 2.16. The maximum atomic E-state index is 12.7. The molecule has 1 amide bonds. The van der Waals surface area contributed by atoms with E-state index < -0.39 is 10.0 Å². The molecule has 2 aromatic rings. The Bertz CT molecular complexity index is 1000. The molecule has 3 rings (SSSR count). The summed E-state index contributed by atoms with van der Waals surface area (Å²) in [4.78, 5) is 12.8. The molecule has 0 aromatic heterocycles. The summed E-state index contributed by atoms with van der Waals surface area (Å²) in [5.41, 5.74) is 1.97. The fraction of sp³-hybridized carbons (Fsp3) is 0.381. The molecule has 156 valence electrons. The summed E-state index contributed by atoms with van der Waals surface area (Å²) in [6.07, 6.45) is 2.25. The second-order valence-corrected chi connectivity index (χ2v) is 8.77. The van der Waals surface area contributed by atoms with Gasteiger partial charge in [0.25, 0.3) is 5.91 Å². The van der Waals surface area contributed by atoms with Crippen LogP contribution in [-0.4, -0.2) is 41.1 Å². The highest BCUT2D eigenvalue weighted by Gasteiger charge is 2.28. The molecule has 1 aliphatic carbocycles. The fourth-order valence-corrected chi connectivity index (χ4v) is 4.32. The van der Waals surface area contributed by atoms with Gasteiger partial charge in [-0.2, -0.15) is 0 Å². The Balaban J connectivity index is 1.69. The van der Waals surface area contributed by atoms with Gasteiger partial charge in [-0.3, -0.25) is 4.79 Å². The lowest BCUT2D eigenvalue weighted by molar-refractivity contribution is 0.0953. The number of amides is 1. The van der Waals surface area contributed by atoms with E-state index >= 15 is 0 Å². The zero-order valence-corrected chi connectivity index (χ0v) is 17.6. The van der Waals surface area contributed by atoms with Gasteiger partial charge in [0, 0.05) is 18.2 Å². The van der Waals surface area contributed by atoms with Crippen molar-refractivity contribution in [2.45, 2.75) is 37.1 Å². The Morgan fingerprint density at radius 1 is 1.10 bits per heavy atom. The minimum atomic E-state index is -3.61. The van der Waals surface area contributed by atoms with Gasteiger partial charge in [-0.15, -0.1) is 0 Å². The first kappa shape index (κ1) is 21.1. The summed E-state index contributed by atoms with van der Waals surface area (Å²) in [6, 6.07) is 10.1. The number of hydrogen-bond donors (Lipinski definition) is 2. The zero-order chi connectivity index (χ0) is 21.0. The molecule has 2 aromatic carbocycles. The van der Waals surface area contributed by atoms with Crippen LogP contribution in [0.25, 0.3) is 0 Å². The molecule has 8 heteroatoms. The van der Waals surface area contributed by atoms with Crippen LogP contribution in [0.15, 0.2) is 41.3 Å². The van der Waals surface area contributed by atoms with Gasteiger partial charge in [0.1, 0.15) is 11.5 Å². The van der Waals surface area contributed by atoms with Crippen molar-refractivity contribution < 1.29 is 22.7 Å². The summed E-state index contributed by atoms with van der Waals surface area (Å²) >= 11 is 0. The lowest BCUT2D eigenvalue weighted by Crippen LogP contribution is -2.28. The monoisotopic (exact) mass is 418 g/mol. The average Bonchev–Trinajstić information content (AvgIpc) is 3.51. The second kappa shape index (κ2) is 8.84. The van der Waals surface area contributed by atoms with Crippen LogP contribution in [0.5, 0.6) is 11.5 Å². The van der Waals surface area contributed by atoms with E-state index in [-0.39, 0.29) is 16.8 Å². The minimum Gasteiger partial charge on any atom is -0.497 e. The van der Waals surface area contributed by atoms with E-state index in [1.54, 1.807) is 27.2 Å². The zero-order valence-electron chi connectivity index (χ0n) is 16.8. The summed E-state index contributed by atoms with van der Waals surface area (Å²) < 4.78 is 38.1. The molecular formula is C21H26N2O5S. The first-order chi connectivity index (χ1) is 13.8. The molecule has 1 fully saturated rings. The van der Waals surface area contributed by atoms with Crippen molar-refractivity contribution in [3.8, 4) is 11.5 Å². The van der Waals surface area contributed by atoms with E-state index in [0.29, 0.717) is 29.8 Å². The Hall–Kier alpha value is -2.58. The highest BCUT2D eigenvalue weighted by atomic mass is 32.2. The highest BCUT2D eigenvalue weighted by Crippen LogP contribution is 2.25. The SMILES string of the molecule is COc1ccc(OC)c(CCNC(=O)c2cc(S(=O)(=O)NC3CC3)ccc2C)c1. The van der Waals surface area contributed by atoms with Gasteiger partial charge in [0.2, 0.25) is 10.0 Å². The van der Waals surface area contributed by atoms with Crippen molar-refractivity contribution in [1.82, 2.24) is 10.0 Å². The molecule has 0 radical (unpaired) electrons. The lowest BCUT2D eigenvalue weighted by Gasteiger charge is -2.13. The fourth-order valence-electron chi connectivity index (χ4n) is 2.98. The lowest BCUT2D eigenvalue weighted by atomic mass is 10.1. The predicted octanol–water partition coefficient (Wildman–Crippen LogP) is 2.43. The van der Waals surface area contributed by atoms with Gasteiger partial charge in [-0.05, 0) is 67.6 Å². The third-order valence-corrected chi connectivity index (χ3v) is 6.35. The van der Waals surface area contributed by atoms with Crippen molar-refractivity contribution in [3.05, 3.63) is 53.1 Å². The quantitative estimate of drug-likeness (QED) is 0.652. The normalized spacial score (nSPS) is 13.8. The van der Waals surface area contributed by atoms with Crippen molar-refractivity contribution >= 4 is 15.9 Å². The van der Waals surface area contributed by atoms with Gasteiger partial charge in [0.15, 0.2) is 0 Å². The predicted molar refractivity (Wildman–Crippen MR) is 110 cm³/mol. The van der Waals surface area contributed by atoms with Gasteiger partial charge >= 0.3 is 0 Å². The van der Waals surface area contributed by atoms with E-state index in [1.807, 2.05) is 18.2 Å². The number of ether oxygens (including phenoxy) is 2. The van der Waals surface area contributed by atoms with Crippen LogP contribution in [0.4, 0.5) is 0 Å². The first-order valence-corrected chi connectivity index (χ1v) is 10.9. The molecule has 0 spiro atoms. The molecule has 1 aliphatic rings. The van der Waals surface area contributed by atoms with Crippen LogP contribution in [0.1, 0.15) is 34.3 Å². The molecule has 0 saturated heterocycles.